The predicted molar refractivity (Wildman–Crippen MR) is 64.9 cm³/mol. The molecule has 0 heterocycles. The molecule has 0 saturated heterocycles. The first kappa shape index (κ1) is 12.5. The molecule has 0 atom stereocenters. The lowest BCUT2D eigenvalue weighted by atomic mass is 9.99. The maximum absolute atomic E-state index is 11.3. The molecule has 0 aromatic rings. The first-order chi connectivity index (χ1) is 7.30. The molecule has 0 aromatic carbocycles. The van der Waals surface area contributed by atoms with Gasteiger partial charge in [0, 0.05) is 0 Å². The molecule has 1 aliphatic rings. The molecule has 0 spiro atoms. The second-order valence-corrected chi connectivity index (χ2v) is 4.65. The molecular formula is C14H24O. The normalized spacial score (nSPS) is 24.5. The van der Waals surface area contributed by atoms with Gasteiger partial charge >= 0.3 is 0 Å². The van der Waals surface area contributed by atoms with E-state index in [9.17, 15) is 4.79 Å². The maximum atomic E-state index is 11.3. The van der Waals surface area contributed by atoms with Gasteiger partial charge in [0.25, 0.3) is 0 Å². The summed E-state index contributed by atoms with van der Waals surface area (Å²) in [5.74, 6) is 0.284. The SMILES string of the molecule is CC(=O)/C1=C/CCCCCCCCCC1. The summed E-state index contributed by atoms with van der Waals surface area (Å²) in [6, 6.07) is 0. The summed E-state index contributed by atoms with van der Waals surface area (Å²) in [4.78, 5) is 11.3. The van der Waals surface area contributed by atoms with Gasteiger partial charge in [0.2, 0.25) is 0 Å². The van der Waals surface area contributed by atoms with E-state index in [-0.39, 0.29) is 5.78 Å². The fraction of sp³-hybridized carbons (Fsp3) is 0.786. The van der Waals surface area contributed by atoms with Gasteiger partial charge < -0.3 is 0 Å². The average molecular weight is 208 g/mol. The second-order valence-electron chi connectivity index (χ2n) is 4.65. The van der Waals surface area contributed by atoms with Crippen molar-refractivity contribution < 1.29 is 4.79 Å². The first-order valence-corrected chi connectivity index (χ1v) is 6.50. The summed E-state index contributed by atoms with van der Waals surface area (Å²) in [7, 11) is 0. The number of ketones is 1. The monoisotopic (exact) mass is 208 g/mol. The number of hydrogen-bond donors (Lipinski definition) is 0. The standard InChI is InChI=1S/C14H24O/c1-13(15)14-11-9-7-5-3-2-4-6-8-10-12-14/h11H,2-10,12H2,1H3/b14-11+. The van der Waals surface area contributed by atoms with Crippen LogP contribution in [0.4, 0.5) is 0 Å². The molecule has 86 valence electrons. The summed E-state index contributed by atoms with van der Waals surface area (Å²) in [5.41, 5.74) is 1.08. The van der Waals surface area contributed by atoms with Gasteiger partial charge in [-0.15, -0.1) is 0 Å². The summed E-state index contributed by atoms with van der Waals surface area (Å²) in [6.45, 7) is 1.71. The highest BCUT2D eigenvalue weighted by Crippen LogP contribution is 2.17. The Bertz CT molecular complexity index is 215. The van der Waals surface area contributed by atoms with Crippen LogP contribution < -0.4 is 0 Å². The predicted octanol–water partition coefficient (Wildman–Crippen LogP) is 4.42. The fourth-order valence-corrected chi connectivity index (χ4v) is 2.22. The largest absolute Gasteiger partial charge is 0.295 e. The lowest BCUT2D eigenvalue weighted by Crippen LogP contribution is -1.97. The van der Waals surface area contributed by atoms with Crippen LogP contribution in [-0.4, -0.2) is 5.78 Å². The van der Waals surface area contributed by atoms with Crippen molar-refractivity contribution in [1.82, 2.24) is 0 Å². The molecule has 0 aliphatic heterocycles. The Morgan fingerprint density at radius 1 is 0.933 bits per heavy atom. The Labute approximate surface area is 93.9 Å². The molecule has 0 N–H and O–H groups in total. The number of rotatable bonds is 1. The van der Waals surface area contributed by atoms with Crippen LogP contribution in [0.5, 0.6) is 0 Å². The molecule has 1 rings (SSSR count). The molecule has 1 nitrogen and oxygen atoms in total. The molecule has 0 radical (unpaired) electrons. The van der Waals surface area contributed by atoms with Crippen LogP contribution in [0.25, 0.3) is 0 Å². The molecule has 15 heavy (non-hydrogen) atoms. The van der Waals surface area contributed by atoms with Crippen molar-refractivity contribution in [3.05, 3.63) is 11.6 Å². The average Bonchev–Trinajstić information content (AvgIpc) is 2.18. The quantitative estimate of drug-likeness (QED) is 0.623. The summed E-state index contributed by atoms with van der Waals surface area (Å²) in [6.07, 6.45) is 14.9. The van der Waals surface area contributed by atoms with E-state index in [1.54, 1.807) is 6.92 Å². The van der Waals surface area contributed by atoms with Crippen LogP contribution in [0.15, 0.2) is 11.6 Å². The molecule has 0 amide bonds. The third-order valence-electron chi connectivity index (χ3n) is 3.24. The topological polar surface area (TPSA) is 17.1 Å². The Morgan fingerprint density at radius 2 is 1.47 bits per heavy atom. The molecule has 0 saturated carbocycles. The van der Waals surface area contributed by atoms with Gasteiger partial charge in [0.15, 0.2) is 5.78 Å². The van der Waals surface area contributed by atoms with Gasteiger partial charge in [-0.25, -0.2) is 0 Å². The Morgan fingerprint density at radius 3 is 2.07 bits per heavy atom. The van der Waals surface area contributed by atoms with E-state index in [0.717, 1.165) is 18.4 Å². The van der Waals surface area contributed by atoms with Gasteiger partial charge in [-0.3, -0.25) is 4.79 Å². The Balaban J connectivity index is 2.42. The molecule has 1 aliphatic carbocycles. The number of hydrogen-bond acceptors (Lipinski definition) is 1. The zero-order valence-corrected chi connectivity index (χ0v) is 10.1. The van der Waals surface area contributed by atoms with Crippen LogP contribution in [0.1, 0.15) is 71.1 Å². The van der Waals surface area contributed by atoms with E-state index in [1.807, 2.05) is 0 Å². The lowest BCUT2D eigenvalue weighted by molar-refractivity contribution is -0.113. The van der Waals surface area contributed by atoms with Crippen LogP contribution >= 0.6 is 0 Å². The van der Waals surface area contributed by atoms with Gasteiger partial charge in [-0.05, 0) is 38.2 Å². The van der Waals surface area contributed by atoms with Crippen LogP contribution in [-0.2, 0) is 4.79 Å². The van der Waals surface area contributed by atoms with Crippen LogP contribution in [0.2, 0.25) is 0 Å². The third kappa shape index (κ3) is 5.76. The minimum absolute atomic E-state index is 0.284. The molecule has 0 bridgehead atoms. The van der Waals surface area contributed by atoms with Crippen LogP contribution in [0.3, 0.4) is 0 Å². The van der Waals surface area contributed by atoms with Crippen molar-refractivity contribution in [3.8, 4) is 0 Å². The summed E-state index contributed by atoms with van der Waals surface area (Å²) in [5, 5.41) is 0. The zero-order valence-electron chi connectivity index (χ0n) is 10.1. The number of carbonyl (C=O) groups excluding carboxylic acids is 1. The van der Waals surface area contributed by atoms with E-state index < -0.39 is 0 Å². The highest BCUT2D eigenvalue weighted by molar-refractivity contribution is 5.93. The van der Waals surface area contributed by atoms with E-state index in [2.05, 4.69) is 6.08 Å². The summed E-state index contributed by atoms with van der Waals surface area (Å²) >= 11 is 0. The van der Waals surface area contributed by atoms with E-state index in [4.69, 9.17) is 0 Å². The first-order valence-electron chi connectivity index (χ1n) is 6.50. The van der Waals surface area contributed by atoms with Crippen molar-refractivity contribution in [3.63, 3.8) is 0 Å². The Kier molecular flexibility index (Phi) is 6.38. The van der Waals surface area contributed by atoms with Crippen molar-refractivity contribution in [2.75, 3.05) is 0 Å². The number of Topliss-reactive ketones (excluding diaryl/α,β-unsaturated/α-hetero) is 1. The van der Waals surface area contributed by atoms with Gasteiger partial charge in [0.05, 0.1) is 0 Å². The smallest absolute Gasteiger partial charge is 0.155 e. The molecule has 1 heteroatoms. The Hall–Kier alpha value is -0.590. The highest BCUT2D eigenvalue weighted by atomic mass is 16.1. The maximum Gasteiger partial charge on any atom is 0.155 e. The van der Waals surface area contributed by atoms with Crippen molar-refractivity contribution >= 4 is 5.78 Å². The van der Waals surface area contributed by atoms with E-state index >= 15 is 0 Å². The molecule has 0 unspecified atom stereocenters. The van der Waals surface area contributed by atoms with Crippen molar-refractivity contribution in [1.29, 1.82) is 0 Å². The van der Waals surface area contributed by atoms with Gasteiger partial charge in [-0.1, -0.05) is 44.6 Å². The minimum Gasteiger partial charge on any atom is -0.295 e. The molecule has 0 aromatic heterocycles. The van der Waals surface area contributed by atoms with Crippen molar-refractivity contribution in [2.24, 2.45) is 0 Å². The fourth-order valence-electron chi connectivity index (χ4n) is 2.22. The summed E-state index contributed by atoms with van der Waals surface area (Å²) < 4.78 is 0. The van der Waals surface area contributed by atoms with Gasteiger partial charge in [0.1, 0.15) is 0 Å². The second kappa shape index (κ2) is 7.67. The van der Waals surface area contributed by atoms with E-state index in [1.165, 1.54) is 51.4 Å². The zero-order chi connectivity index (χ0) is 10.9. The lowest BCUT2D eigenvalue weighted by Gasteiger charge is -2.07. The van der Waals surface area contributed by atoms with Crippen LogP contribution in [0, 0.1) is 0 Å². The van der Waals surface area contributed by atoms with Crippen molar-refractivity contribution in [2.45, 2.75) is 71.1 Å². The minimum atomic E-state index is 0.284. The molecule has 0 fully saturated rings. The number of allylic oxidation sites excluding steroid dienone is 2. The number of carbonyl (C=O) groups is 1. The molecular weight excluding hydrogens is 184 g/mol. The van der Waals surface area contributed by atoms with Gasteiger partial charge in [-0.2, -0.15) is 0 Å². The third-order valence-corrected chi connectivity index (χ3v) is 3.24. The van der Waals surface area contributed by atoms with E-state index in [0.29, 0.717) is 0 Å². The highest BCUT2D eigenvalue weighted by Gasteiger charge is 2.04.